The highest BCUT2D eigenvalue weighted by Gasteiger charge is 2.33. The number of ether oxygens (including phenoxy) is 1. The third kappa shape index (κ3) is 4.59. The number of hydrogen-bond acceptors (Lipinski definition) is 2. The summed E-state index contributed by atoms with van der Waals surface area (Å²) >= 11 is 0. The van der Waals surface area contributed by atoms with Crippen LogP contribution in [0.15, 0.2) is 24.3 Å². The SMILES string of the molecule is CCNC(c1cccc(F)c1)C(OCC)C(C)(C)C. The van der Waals surface area contributed by atoms with Gasteiger partial charge in [-0.2, -0.15) is 0 Å². The van der Waals surface area contributed by atoms with Crippen LogP contribution in [0.2, 0.25) is 0 Å². The van der Waals surface area contributed by atoms with E-state index in [1.165, 1.54) is 6.07 Å². The topological polar surface area (TPSA) is 21.3 Å². The second-order valence-corrected chi connectivity index (χ2v) is 5.83. The molecule has 0 radical (unpaired) electrons. The number of hydrogen-bond donors (Lipinski definition) is 1. The first-order valence-electron chi connectivity index (χ1n) is 7.00. The van der Waals surface area contributed by atoms with Crippen LogP contribution in [0.25, 0.3) is 0 Å². The lowest BCUT2D eigenvalue weighted by molar-refractivity contribution is -0.0363. The molecule has 0 aliphatic rings. The highest BCUT2D eigenvalue weighted by atomic mass is 19.1. The van der Waals surface area contributed by atoms with E-state index in [9.17, 15) is 4.39 Å². The zero-order valence-electron chi connectivity index (χ0n) is 12.7. The molecule has 0 aliphatic carbocycles. The van der Waals surface area contributed by atoms with E-state index in [2.05, 4.69) is 33.0 Å². The van der Waals surface area contributed by atoms with Gasteiger partial charge < -0.3 is 10.1 Å². The van der Waals surface area contributed by atoms with Gasteiger partial charge in [0.05, 0.1) is 12.1 Å². The van der Waals surface area contributed by atoms with Gasteiger partial charge in [-0.3, -0.25) is 0 Å². The van der Waals surface area contributed by atoms with Crippen LogP contribution in [0.1, 0.15) is 46.2 Å². The van der Waals surface area contributed by atoms with Gasteiger partial charge in [0.25, 0.3) is 0 Å². The Morgan fingerprint density at radius 3 is 2.42 bits per heavy atom. The Morgan fingerprint density at radius 2 is 1.95 bits per heavy atom. The minimum Gasteiger partial charge on any atom is -0.376 e. The standard InChI is InChI=1S/C16H26FNO/c1-6-18-14(12-9-8-10-13(17)11-12)15(19-7-2)16(3,4)5/h8-11,14-15,18H,6-7H2,1-5H3. The van der Waals surface area contributed by atoms with Crippen LogP contribution in [0.5, 0.6) is 0 Å². The molecule has 1 N–H and O–H groups in total. The second-order valence-electron chi connectivity index (χ2n) is 5.83. The van der Waals surface area contributed by atoms with Gasteiger partial charge in [-0.25, -0.2) is 4.39 Å². The van der Waals surface area contributed by atoms with Crippen LogP contribution in [-0.4, -0.2) is 19.3 Å². The molecular weight excluding hydrogens is 241 g/mol. The van der Waals surface area contributed by atoms with Crippen molar-refractivity contribution < 1.29 is 9.13 Å². The molecule has 3 heteroatoms. The molecule has 2 atom stereocenters. The molecule has 1 rings (SSSR count). The summed E-state index contributed by atoms with van der Waals surface area (Å²) in [6.07, 6.45) is -0.000694. The lowest BCUT2D eigenvalue weighted by atomic mass is 9.82. The average molecular weight is 267 g/mol. The summed E-state index contributed by atoms with van der Waals surface area (Å²) in [5.74, 6) is -0.204. The number of likely N-dealkylation sites (N-methyl/N-ethyl adjacent to an activating group) is 1. The summed E-state index contributed by atoms with van der Waals surface area (Å²) in [4.78, 5) is 0. The number of rotatable bonds is 6. The predicted molar refractivity (Wildman–Crippen MR) is 77.7 cm³/mol. The van der Waals surface area contributed by atoms with Gasteiger partial charge in [-0.15, -0.1) is 0 Å². The normalized spacial score (nSPS) is 15.3. The van der Waals surface area contributed by atoms with Gasteiger partial charge in [-0.05, 0) is 36.6 Å². The van der Waals surface area contributed by atoms with E-state index in [1.807, 2.05) is 13.0 Å². The van der Waals surface area contributed by atoms with Gasteiger partial charge in [0, 0.05) is 6.61 Å². The van der Waals surface area contributed by atoms with E-state index >= 15 is 0 Å². The molecule has 0 fully saturated rings. The van der Waals surface area contributed by atoms with Crippen molar-refractivity contribution in [2.24, 2.45) is 5.41 Å². The summed E-state index contributed by atoms with van der Waals surface area (Å²) in [6, 6.07) is 6.76. The maximum absolute atomic E-state index is 13.4. The van der Waals surface area contributed by atoms with Crippen molar-refractivity contribution in [1.29, 1.82) is 0 Å². The average Bonchev–Trinajstić information content (AvgIpc) is 2.32. The Balaban J connectivity index is 3.09. The third-order valence-corrected chi connectivity index (χ3v) is 3.13. The van der Waals surface area contributed by atoms with Crippen LogP contribution >= 0.6 is 0 Å². The van der Waals surface area contributed by atoms with Crippen molar-refractivity contribution in [3.63, 3.8) is 0 Å². The number of halogens is 1. The van der Waals surface area contributed by atoms with Crippen LogP contribution in [0, 0.1) is 11.2 Å². The predicted octanol–water partition coefficient (Wildman–Crippen LogP) is 3.93. The van der Waals surface area contributed by atoms with Gasteiger partial charge in [0.1, 0.15) is 5.82 Å². The highest BCUT2D eigenvalue weighted by molar-refractivity contribution is 5.22. The Labute approximate surface area is 116 Å². The highest BCUT2D eigenvalue weighted by Crippen LogP contribution is 2.33. The van der Waals surface area contributed by atoms with E-state index < -0.39 is 0 Å². The molecule has 0 aliphatic heterocycles. The minimum absolute atomic E-state index is 0.000602. The smallest absolute Gasteiger partial charge is 0.123 e. The van der Waals surface area contributed by atoms with E-state index in [1.54, 1.807) is 12.1 Å². The molecule has 1 aromatic rings. The molecule has 0 saturated carbocycles. The first kappa shape index (κ1) is 16.1. The molecule has 0 aromatic heterocycles. The summed E-state index contributed by atoms with van der Waals surface area (Å²) in [5.41, 5.74) is 0.921. The van der Waals surface area contributed by atoms with Gasteiger partial charge in [0.2, 0.25) is 0 Å². The number of benzene rings is 1. The quantitative estimate of drug-likeness (QED) is 0.843. The van der Waals surface area contributed by atoms with Gasteiger partial charge in [-0.1, -0.05) is 39.8 Å². The van der Waals surface area contributed by atoms with Crippen molar-refractivity contribution >= 4 is 0 Å². The van der Waals surface area contributed by atoms with E-state index in [4.69, 9.17) is 4.74 Å². The number of nitrogens with one attached hydrogen (secondary N) is 1. The van der Waals surface area contributed by atoms with Crippen LogP contribution in [-0.2, 0) is 4.74 Å². The second kappa shape index (κ2) is 7.01. The van der Waals surface area contributed by atoms with Crippen molar-refractivity contribution in [2.75, 3.05) is 13.2 Å². The lowest BCUT2D eigenvalue weighted by Gasteiger charge is -2.37. The first-order valence-corrected chi connectivity index (χ1v) is 7.00. The minimum atomic E-state index is -0.204. The molecule has 1 aromatic carbocycles. The summed E-state index contributed by atoms with van der Waals surface area (Å²) in [6.45, 7) is 12.0. The van der Waals surface area contributed by atoms with Gasteiger partial charge >= 0.3 is 0 Å². The van der Waals surface area contributed by atoms with Gasteiger partial charge in [0.15, 0.2) is 0 Å². The molecule has 2 nitrogen and oxygen atoms in total. The molecule has 108 valence electrons. The summed E-state index contributed by atoms with van der Waals surface area (Å²) in [7, 11) is 0. The monoisotopic (exact) mass is 267 g/mol. The Bertz CT molecular complexity index is 387. The third-order valence-electron chi connectivity index (χ3n) is 3.13. The van der Waals surface area contributed by atoms with Crippen molar-refractivity contribution in [1.82, 2.24) is 5.32 Å². The van der Waals surface area contributed by atoms with Crippen molar-refractivity contribution in [3.05, 3.63) is 35.6 Å². The lowest BCUT2D eigenvalue weighted by Crippen LogP contribution is -2.42. The van der Waals surface area contributed by atoms with E-state index in [0.29, 0.717) is 6.61 Å². The maximum Gasteiger partial charge on any atom is 0.123 e. The fourth-order valence-electron chi connectivity index (χ4n) is 2.35. The Kier molecular flexibility index (Phi) is 5.95. The molecular formula is C16H26FNO. The fourth-order valence-corrected chi connectivity index (χ4v) is 2.35. The van der Waals surface area contributed by atoms with E-state index in [-0.39, 0.29) is 23.4 Å². The summed E-state index contributed by atoms with van der Waals surface area (Å²) < 4.78 is 19.4. The molecule has 19 heavy (non-hydrogen) atoms. The maximum atomic E-state index is 13.4. The summed E-state index contributed by atoms with van der Waals surface area (Å²) in [5, 5.41) is 3.43. The van der Waals surface area contributed by atoms with Crippen LogP contribution < -0.4 is 5.32 Å². The molecule has 0 amide bonds. The molecule has 0 bridgehead atoms. The van der Waals surface area contributed by atoms with E-state index in [0.717, 1.165) is 12.1 Å². The molecule has 0 saturated heterocycles. The van der Waals surface area contributed by atoms with Crippen LogP contribution in [0.4, 0.5) is 4.39 Å². The van der Waals surface area contributed by atoms with Crippen molar-refractivity contribution in [3.8, 4) is 0 Å². The fraction of sp³-hybridized carbons (Fsp3) is 0.625. The Hall–Kier alpha value is -0.930. The molecule has 0 heterocycles. The molecule has 0 spiro atoms. The zero-order valence-corrected chi connectivity index (χ0v) is 12.7. The zero-order chi connectivity index (χ0) is 14.5. The largest absolute Gasteiger partial charge is 0.376 e. The first-order chi connectivity index (χ1) is 8.90. The molecule has 2 unspecified atom stereocenters. The Morgan fingerprint density at radius 1 is 1.26 bits per heavy atom. The van der Waals surface area contributed by atoms with Crippen molar-refractivity contribution in [2.45, 2.75) is 46.8 Å². The van der Waals surface area contributed by atoms with Crippen LogP contribution in [0.3, 0.4) is 0 Å².